The lowest BCUT2D eigenvalue weighted by molar-refractivity contribution is 0.103. The molecule has 0 spiro atoms. The number of sulfone groups is 1. The molecular weight excluding hydrogens is 264 g/mol. The van der Waals surface area contributed by atoms with Crippen molar-refractivity contribution >= 4 is 15.6 Å². The predicted molar refractivity (Wildman–Crippen MR) is 68.3 cm³/mol. The third-order valence-electron chi connectivity index (χ3n) is 3.14. The standard InChI is InChI=1S/C14H10O4S/c1-18-9-6-7-11-13(8-9)19(16,17)12-5-3-2-4-10(12)14(11)15/h2-8H,1H3. The minimum atomic E-state index is -3.67. The van der Waals surface area contributed by atoms with Gasteiger partial charge >= 0.3 is 0 Å². The second kappa shape index (κ2) is 3.93. The van der Waals surface area contributed by atoms with Crippen molar-refractivity contribution in [2.24, 2.45) is 0 Å². The second-order valence-corrected chi connectivity index (χ2v) is 6.08. The average Bonchev–Trinajstić information content (AvgIpc) is 2.45. The average molecular weight is 274 g/mol. The zero-order valence-corrected chi connectivity index (χ0v) is 10.9. The maximum absolute atomic E-state index is 12.5. The van der Waals surface area contributed by atoms with Gasteiger partial charge in [0.05, 0.1) is 16.9 Å². The number of fused-ring (bicyclic) bond motifs is 2. The van der Waals surface area contributed by atoms with Gasteiger partial charge in [-0.3, -0.25) is 4.79 Å². The van der Waals surface area contributed by atoms with Gasteiger partial charge in [-0.1, -0.05) is 12.1 Å². The molecule has 0 radical (unpaired) electrons. The summed E-state index contributed by atoms with van der Waals surface area (Å²) in [6.45, 7) is 0. The number of hydrogen-bond acceptors (Lipinski definition) is 4. The first kappa shape index (κ1) is 11.9. The molecule has 0 aromatic heterocycles. The summed E-state index contributed by atoms with van der Waals surface area (Å²) < 4.78 is 30.0. The molecule has 0 aliphatic carbocycles. The lowest BCUT2D eigenvalue weighted by Gasteiger charge is -2.19. The Morgan fingerprint density at radius 3 is 2.37 bits per heavy atom. The third-order valence-corrected chi connectivity index (χ3v) is 5.00. The molecule has 1 aliphatic rings. The number of methoxy groups -OCH3 is 1. The van der Waals surface area contributed by atoms with Crippen molar-refractivity contribution in [1.82, 2.24) is 0 Å². The molecule has 0 unspecified atom stereocenters. The van der Waals surface area contributed by atoms with E-state index in [9.17, 15) is 13.2 Å². The van der Waals surface area contributed by atoms with Crippen molar-refractivity contribution < 1.29 is 17.9 Å². The van der Waals surface area contributed by atoms with Crippen molar-refractivity contribution in [3.8, 4) is 5.75 Å². The molecule has 96 valence electrons. The molecule has 19 heavy (non-hydrogen) atoms. The maximum atomic E-state index is 12.5. The van der Waals surface area contributed by atoms with Crippen LogP contribution < -0.4 is 4.74 Å². The third kappa shape index (κ3) is 1.58. The highest BCUT2D eigenvalue weighted by Crippen LogP contribution is 2.35. The first-order valence-electron chi connectivity index (χ1n) is 5.62. The summed E-state index contributed by atoms with van der Waals surface area (Å²) in [6, 6.07) is 10.7. The van der Waals surface area contributed by atoms with E-state index in [0.717, 1.165) is 0 Å². The Labute approximate surface area is 110 Å². The highest BCUT2D eigenvalue weighted by molar-refractivity contribution is 7.91. The normalized spacial score (nSPS) is 15.5. The zero-order chi connectivity index (χ0) is 13.6. The SMILES string of the molecule is COc1ccc2c(c1)S(=O)(=O)c1ccccc1C2=O. The molecule has 0 atom stereocenters. The minimum absolute atomic E-state index is 0.00977. The lowest BCUT2D eigenvalue weighted by atomic mass is 10.0. The Morgan fingerprint density at radius 1 is 0.947 bits per heavy atom. The summed E-state index contributed by atoms with van der Waals surface area (Å²) in [5, 5.41) is 0. The summed E-state index contributed by atoms with van der Waals surface area (Å²) in [4.78, 5) is 12.4. The van der Waals surface area contributed by atoms with Gasteiger partial charge in [-0.2, -0.15) is 0 Å². The van der Waals surface area contributed by atoms with Crippen LogP contribution in [0.5, 0.6) is 5.75 Å². The molecule has 0 saturated heterocycles. The number of rotatable bonds is 1. The van der Waals surface area contributed by atoms with Crippen LogP contribution in [0.25, 0.3) is 0 Å². The molecule has 2 aromatic carbocycles. The fraction of sp³-hybridized carbons (Fsp3) is 0.0714. The number of ether oxygens (including phenoxy) is 1. The van der Waals surface area contributed by atoms with Crippen LogP contribution >= 0.6 is 0 Å². The summed E-state index contributed by atoms with van der Waals surface area (Å²) in [6.07, 6.45) is 0. The fourth-order valence-electron chi connectivity index (χ4n) is 2.19. The first-order chi connectivity index (χ1) is 9.05. The van der Waals surface area contributed by atoms with Crippen molar-refractivity contribution in [2.45, 2.75) is 9.79 Å². The van der Waals surface area contributed by atoms with Crippen molar-refractivity contribution in [2.75, 3.05) is 7.11 Å². The van der Waals surface area contributed by atoms with E-state index in [1.807, 2.05) is 0 Å². The molecule has 0 fully saturated rings. The Balaban J connectivity index is 2.39. The molecule has 0 N–H and O–H groups in total. The molecule has 1 aliphatic heterocycles. The number of hydrogen-bond donors (Lipinski definition) is 0. The topological polar surface area (TPSA) is 60.4 Å². The quantitative estimate of drug-likeness (QED) is 0.681. The Kier molecular flexibility index (Phi) is 2.46. The van der Waals surface area contributed by atoms with Crippen LogP contribution in [0.1, 0.15) is 15.9 Å². The highest BCUT2D eigenvalue weighted by Gasteiger charge is 2.34. The first-order valence-corrected chi connectivity index (χ1v) is 7.11. The van der Waals surface area contributed by atoms with E-state index in [2.05, 4.69) is 0 Å². The van der Waals surface area contributed by atoms with Crippen LogP contribution in [-0.4, -0.2) is 21.3 Å². The van der Waals surface area contributed by atoms with Crippen LogP contribution in [0.15, 0.2) is 52.3 Å². The maximum Gasteiger partial charge on any atom is 0.208 e. The zero-order valence-electron chi connectivity index (χ0n) is 10.1. The lowest BCUT2D eigenvalue weighted by Crippen LogP contribution is -2.20. The summed E-state index contributed by atoms with van der Waals surface area (Å²) in [5.74, 6) is 0.137. The van der Waals surface area contributed by atoms with E-state index in [-0.39, 0.29) is 26.7 Å². The largest absolute Gasteiger partial charge is 0.497 e. The molecule has 0 saturated carbocycles. The van der Waals surface area contributed by atoms with Crippen molar-refractivity contribution in [3.05, 3.63) is 53.6 Å². The molecule has 0 bridgehead atoms. The molecule has 3 rings (SSSR count). The van der Waals surface area contributed by atoms with Gasteiger partial charge in [-0.15, -0.1) is 0 Å². The van der Waals surface area contributed by atoms with E-state index in [1.54, 1.807) is 18.2 Å². The van der Waals surface area contributed by atoms with Crippen LogP contribution in [0.4, 0.5) is 0 Å². The monoisotopic (exact) mass is 274 g/mol. The minimum Gasteiger partial charge on any atom is -0.497 e. The molecule has 5 heteroatoms. The van der Waals surface area contributed by atoms with Gasteiger partial charge in [0.25, 0.3) is 0 Å². The van der Waals surface area contributed by atoms with Gasteiger partial charge in [0.2, 0.25) is 9.84 Å². The fourth-order valence-corrected chi connectivity index (χ4v) is 3.86. The number of ketones is 1. The van der Waals surface area contributed by atoms with Crippen molar-refractivity contribution in [1.29, 1.82) is 0 Å². The number of carbonyl (C=O) groups is 1. The predicted octanol–water partition coefficient (Wildman–Crippen LogP) is 2.07. The van der Waals surface area contributed by atoms with Crippen LogP contribution in [-0.2, 0) is 9.84 Å². The molecule has 1 heterocycles. The van der Waals surface area contributed by atoms with Gasteiger partial charge in [0.15, 0.2) is 5.78 Å². The van der Waals surface area contributed by atoms with Crippen LogP contribution in [0.3, 0.4) is 0 Å². The van der Waals surface area contributed by atoms with Crippen molar-refractivity contribution in [3.63, 3.8) is 0 Å². The second-order valence-electron chi connectivity index (χ2n) is 4.19. The molecule has 4 nitrogen and oxygen atoms in total. The number of carbonyl (C=O) groups excluding carboxylic acids is 1. The highest BCUT2D eigenvalue weighted by atomic mass is 32.2. The van der Waals surface area contributed by atoms with Gasteiger partial charge in [0, 0.05) is 11.1 Å². The van der Waals surface area contributed by atoms with Crippen LogP contribution in [0.2, 0.25) is 0 Å². The summed E-state index contributed by atoms with van der Waals surface area (Å²) in [7, 11) is -2.22. The Hall–Kier alpha value is -2.14. The van der Waals surface area contributed by atoms with E-state index in [1.165, 1.54) is 31.4 Å². The van der Waals surface area contributed by atoms with Gasteiger partial charge in [-0.05, 0) is 30.3 Å². The molecule has 2 aromatic rings. The van der Waals surface area contributed by atoms with E-state index >= 15 is 0 Å². The molecular formula is C14H10O4S. The Bertz CT molecular complexity index is 791. The van der Waals surface area contributed by atoms with Crippen LogP contribution in [0, 0.1) is 0 Å². The van der Waals surface area contributed by atoms with Gasteiger partial charge in [0.1, 0.15) is 5.75 Å². The smallest absolute Gasteiger partial charge is 0.208 e. The van der Waals surface area contributed by atoms with E-state index in [4.69, 9.17) is 4.74 Å². The van der Waals surface area contributed by atoms with E-state index in [0.29, 0.717) is 5.75 Å². The summed E-state index contributed by atoms with van der Waals surface area (Å²) in [5.41, 5.74) is 0.416. The van der Waals surface area contributed by atoms with Gasteiger partial charge < -0.3 is 4.74 Å². The number of benzene rings is 2. The van der Waals surface area contributed by atoms with Gasteiger partial charge in [-0.25, -0.2) is 8.42 Å². The molecule has 0 amide bonds. The van der Waals surface area contributed by atoms with E-state index < -0.39 is 9.84 Å². The Morgan fingerprint density at radius 2 is 1.63 bits per heavy atom. The summed E-state index contributed by atoms with van der Waals surface area (Å²) >= 11 is 0.